The lowest BCUT2D eigenvalue weighted by Gasteiger charge is -2.01. The molecular weight excluding hydrogens is 327 g/mol. The Bertz CT molecular complexity index is 570. The lowest BCUT2D eigenvalue weighted by atomic mass is 10.2. The largest absolute Gasteiger partial charge is 0.396 e. The predicted octanol–water partition coefficient (Wildman–Crippen LogP) is 3.20. The minimum absolute atomic E-state index is 0.160. The van der Waals surface area contributed by atoms with Crippen LogP contribution in [0.15, 0.2) is 34.6 Å². The molecule has 0 aromatic heterocycles. The summed E-state index contributed by atoms with van der Waals surface area (Å²) >= 11 is 0. The molecule has 1 unspecified atom stereocenters. The number of rotatable bonds is 12. The van der Waals surface area contributed by atoms with Crippen molar-refractivity contribution in [3.63, 3.8) is 0 Å². The van der Waals surface area contributed by atoms with Crippen molar-refractivity contribution in [1.82, 2.24) is 0 Å². The normalized spacial score (nSPS) is 11.5. The van der Waals surface area contributed by atoms with Crippen molar-refractivity contribution in [2.45, 2.75) is 32.6 Å². The molecule has 0 radical (unpaired) electrons. The van der Waals surface area contributed by atoms with E-state index in [2.05, 4.69) is 19.6 Å². The van der Waals surface area contributed by atoms with Gasteiger partial charge < -0.3 is 9.68 Å². The highest BCUT2D eigenvalue weighted by Crippen LogP contribution is 2.02. The van der Waals surface area contributed by atoms with E-state index in [0.29, 0.717) is 24.5 Å². The van der Waals surface area contributed by atoms with Crippen LogP contribution in [0.2, 0.25) is 0 Å². The van der Waals surface area contributed by atoms with Crippen LogP contribution in [0, 0.1) is 0 Å². The van der Waals surface area contributed by atoms with Crippen LogP contribution < -0.4 is 0 Å². The van der Waals surface area contributed by atoms with E-state index in [0.717, 1.165) is 37.5 Å². The molecule has 0 N–H and O–H groups in total. The van der Waals surface area contributed by atoms with Crippen LogP contribution >= 0.6 is 9.24 Å². The second-order valence-corrected chi connectivity index (χ2v) is 5.67. The van der Waals surface area contributed by atoms with E-state index in [1.54, 1.807) is 25.3 Å². The van der Waals surface area contributed by atoms with Crippen LogP contribution in [0.5, 0.6) is 0 Å². The van der Waals surface area contributed by atoms with Crippen LogP contribution in [0.4, 0.5) is 0 Å². The van der Waals surface area contributed by atoms with E-state index in [1.165, 1.54) is 0 Å². The fourth-order valence-electron chi connectivity index (χ4n) is 1.69. The Balaban J connectivity index is 2.00. The van der Waals surface area contributed by atoms with Crippen LogP contribution in [0.1, 0.15) is 48.5 Å². The highest BCUT2D eigenvalue weighted by molar-refractivity contribution is 7.45. The fraction of sp³-hybridized carbons (Fsp3) is 0.412. The average Bonchev–Trinajstić information content (AvgIpc) is 2.59. The van der Waals surface area contributed by atoms with Gasteiger partial charge in [-0.25, -0.2) is 0 Å². The fourth-order valence-corrected chi connectivity index (χ4v) is 1.74. The zero-order valence-corrected chi connectivity index (χ0v) is 15.0. The Morgan fingerprint density at radius 3 is 2.21 bits per heavy atom. The standard InChI is InChI=1S/C17H23N2O4P/c1-14(17(21)24)19-23-11-5-3-2-4-10-22-18-12-15-6-8-16(13-20)9-7-15/h6-9,12-13H,2-5,10-11,24H2,1H3. The van der Waals surface area contributed by atoms with Crippen LogP contribution in [-0.2, 0) is 14.5 Å². The van der Waals surface area contributed by atoms with E-state index in [-0.39, 0.29) is 5.52 Å². The quantitative estimate of drug-likeness (QED) is 0.191. The molecule has 0 aliphatic heterocycles. The minimum atomic E-state index is -0.160. The first-order valence-electron chi connectivity index (χ1n) is 7.80. The highest BCUT2D eigenvalue weighted by atomic mass is 31.0. The van der Waals surface area contributed by atoms with E-state index < -0.39 is 0 Å². The monoisotopic (exact) mass is 350 g/mol. The zero-order valence-electron chi connectivity index (χ0n) is 13.8. The Hall–Kier alpha value is -2.07. The molecule has 0 saturated heterocycles. The molecule has 0 bridgehead atoms. The van der Waals surface area contributed by atoms with Crippen molar-refractivity contribution in [2.75, 3.05) is 13.2 Å². The number of unbranched alkanes of at least 4 members (excludes halogenated alkanes) is 3. The van der Waals surface area contributed by atoms with Crippen molar-refractivity contribution in [1.29, 1.82) is 0 Å². The smallest absolute Gasteiger partial charge is 0.195 e. The molecular formula is C17H23N2O4P. The third kappa shape index (κ3) is 9.16. The van der Waals surface area contributed by atoms with E-state index >= 15 is 0 Å². The van der Waals surface area contributed by atoms with Gasteiger partial charge in [-0.15, -0.1) is 0 Å². The first kappa shape index (κ1) is 20.0. The van der Waals surface area contributed by atoms with Gasteiger partial charge in [0, 0.05) is 5.56 Å². The molecule has 1 aromatic carbocycles. The van der Waals surface area contributed by atoms with Crippen molar-refractivity contribution < 1.29 is 19.3 Å². The molecule has 24 heavy (non-hydrogen) atoms. The summed E-state index contributed by atoms with van der Waals surface area (Å²) in [5, 5.41) is 7.60. The minimum Gasteiger partial charge on any atom is -0.396 e. The summed E-state index contributed by atoms with van der Waals surface area (Å²) in [5.74, 6) is 0. The summed E-state index contributed by atoms with van der Waals surface area (Å²) in [6, 6.07) is 7.09. The Morgan fingerprint density at radius 2 is 1.62 bits per heavy atom. The van der Waals surface area contributed by atoms with Gasteiger partial charge in [-0.05, 0) is 38.2 Å². The topological polar surface area (TPSA) is 77.3 Å². The Morgan fingerprint density at radius 1 is 1.04 bits per heavy atom. The van der Waals surface area contributed by atoms with Crippen LogP contribution in [0.3, 0.4) is 0 Å². The average molecular weight is 350 g/mol. The second kappa shape index (κ2) is 12.4. The molecule has 0 amide bonds. The van der Waals surface area contributed by atoms with E-state index in [4.69, 9.17) is 9.68 Å². The third-order valence-electron chi connectivity index (χ3n) is 3.13. The molecule has 0 aliphatic rings. The number of nitrogens with zero attached hydrogens (tertiary/aromatic N) is 2. The first-order valence-corrected chi connectivity index (χ1v) is 8.38. The maximum atomic E-state index is 10.9. The van der Waals surface area contributed by atoms with E-state index in [1.807, 2.05) is 12.1 Å². The van der Waals surface area contributed by atoms with Gasteiger partial charge in [0.1, 0.15) is 25.2 Å². The molecule has 0 saturated carbocycles. The van der Waals surface area contributed by atoms with Gasteiger partial charge in [0.05, 0.1) is 6.21 Å². The second-order valence-electron chi connectivity index (χ2n) is 5.14. The Labute approximate surface area is 144 Å². The molecule has 0 aliphatic carbocycles. The SMILES string of the molecule is CC(=NOCCCCCCON=Cc1ccc(C=O)cc1)C(=O)P. The maximum absolute atomic E-state index is 10.9. The number of carbonyl (C=O) groups is 2. The Kier molecular flexibility index (Phi) is 10.3. The first-order chi connectivity index (χ1) is 11.6. The maximum Gasteiger partial charge on any atom is 0.195 e. The lowest BCUT2D eigenvalue weighted by molar-refractivity contribution is -0.105. The molecule has 1 aromatic rings. The zero-order chi connectivity index (χ0) is 17.6. The number of aldehydes is 1. The number of oxime groups is 2. The van der Waals surface area contributed by atoms with Crippen LogP contribution in [0.25, 0.3) is 0 Å². The van der Waals surface area contributed by atoms with Gasteiger partial charge in [-0.1, -0.05) is 43.8 Å². The van der Waals surface area contributed by atoms with E-state index in [9.17, 15) is 9.59 Å². The molecule has 6 nitrogen and oxygen atoms in total. The number of benzene rings is 1. The molecule has 0 heterocycles. The molecule has 1 rings (SSSR count). The number of carbonyl (C=O) groups excluding carboxylic acids is 2. The predicted molar refractivity (Wildman–Crippen MR) is 97.6 cm³/mol. The third-order valence-corrected chi connectivity index (χ3v) is 3.55. The molecule has 1 atom stereocenters. The summed E-state index contributed by atoms with van der Waals surface area (Å²) in [5.41, 5.74) is 1.72. The van der Waals surface area contributed by atoms with Crippen molar-refractivity contribution in [2.24, 2.45) is 10.3 Å². The van der Waals surface area contributed by atoms with Gasteiger partial charge in [-0.2, -0.15) is 0 Å². The van der Waals surface area contributed by atoms with Gasteiger partial charge in [0.2, 0.25) is 0 Å². The highest BCUT2D eigenvalue weighted by Gasteiger charge is 1.98. The molecule has 130 valence electrons. The summed E-state index contributed by atoms with van der Waals surface area (Å²) in [7, 11) is 2.06. The van der Waals surface area contributed by atoms with Crippen LogP contribution in [-0.4, -0.2) is 37.0 Å². The van der Waals surface area contributed by atoms with Gasteiger partial charge in [0.25, 0.3) is 0 Å². The van der Waals surface area contributed by atoms with Crippen molar-refractivity contribution in [3.05, 3.63) is 35.4 Å². The molecule has 7 heteroatoms. The van der Waals surface area contributed by atoms with Gasteiger partial charge >= 0.3 is 0 Å². The van der Waals surface area contributed by atoms with Gasteiger partial charge in [0.15, 0.2) is 5.52 Å². The van der Waals surface area contributed by atoms with Gasteiger partial charge in [-0.3, -0.25) is 9.59 Å². The summed E-state index contributed by atoms with van der Waals surface area (Å²) < 4.78 is 0. The molecule has 0 fully saturated rings. The van der Waals surface area contributed by atoms with Crippen molar-refractivity contribution in [3.8, 4) is 0 Å². The number of hydrogen-bond acceptors (Lipinski definition) is 6. The summed E-state index contributed by atoms with van der Waals surface area (Å²) in [6.07, 6.45) is 6.23. The summed E-state index contributed by atoms with van der Waals surface area (Å²) in [6.45, 7) is 2.68. The molecule has 0 spiro atoms. The van der Waals surface area contributed by atoms with Crippen molar-refractivity contribution >= 4 is 33.0 Å². The summed E-state index contributed by atoms with van der Waals surface area (Å²) in [4.78, 5) is 31.6. The number of hydrogen-bond donors (Lipinski definition) is 0. The lowest BCUT2D eigenvalue weighted by Crippen LogP contribution is -2.02.